The van der Waals surface area contributed by atoms with Crippen LogP contribution in [-0.2, 0) is 0 Å². The second-order valence-corrected chi connectivity index (χ2v) is 5.91. The van der Waals surface area contributed by atoms with Crippen LogP contribution in [0.15, 0.2) is 30.4 Å². The van der Waals surface area contributed by atoms with Crippen molar-refractivity contribution in [3.63, 3.8) is 0 Å². The highest BCUT2D eigenvalue weighted by molar-refractivity contribution is 5.43. The standard InChI is InChI=1S/C17H23F3N2O2/c1-12(2)10-15(22-8-6-21-7-9-22)14-5-4-13(11-16(14)23-3)24-17(18,19)20/h4-5,11,15,21H,1,6-10H2,2-3H3/t15-/m1/s1. The van der Waals surface area contributed by atoms with Crippen LogP contribution in [0.4, 0.5) is 13.2 Å². The van der Waals surface area contributed by atoms with Crippen LogP contribution in [0.5, 0.6) is 11.5 Å². The zero-order valence-corrected chi connectivity index (χ0v) is 13.9. The van der Waals surface area contributed by atoms with Crippen LogP contribution in [0.2, 0.25) is 0 Å². The fraction of sp³-hybridized carbons (Fsp3) is 0.529. The third kappa shape index (κ3) is 5.14. The lowest BCUT2D eigenvalue weighted by atomic mass is 9.97. The number of piperazine rings is 1. The summed E-state index contributed by atoms with van der Waals surface area (Å²) in [4.78, 5) is 2.30. The van der Waals surface area contributed by atoms with Crippen molar-refractivity contribution in [2.24, 2.45) is 0 Å². The molecule has 2 rings (SSSR count). The largest absolute Gasteiger partial charge is 0.573 e. The Morgan fingerprint density at radius 2 is 2.00 bits per heavy atom. The molecule has 24 heavy (non-hydrogen) atoms. The Hall–Kier alpha value is -1.73. The average molecular weight is 344 g/mol. The lowest BCUT2D eigenvalue weighted by Gasteiger charge is -2.36. The summed E-state index contributed by atoms with van der Waals surface area (Å²) in [7, 11) is 1.45. The van der Waals surface area contributed by atoms with E-state index in [1.54, 1.807) is 6.07 Å². The first-order chi connectivity index (χ1) is 11.3. The first-order valence-electron chi connectivity index (χ1n) is 7.83. The van der Waals surface area contributed by atoms with Crippen molar-refractivity contribution in [1.82, 2.24) is 10.2 Å². The highest BCUT2D eigenvalue weighted by atomic mass is 19.4. The van der Waals surface area contributed by atoms with Gasteiger partial charge in [0.05, 0.1) is 7.11 Å². The van der Waals surface area contributed by atoms with Crippen LogP contribution in [-0.4, -0.2) is 44.6 Å². The molecule has 0 spiro atoms. The van der Waals surface area contributed by atoms with Crippen LogP contribution in [0.3, 0.4) is 0 Å². The Kier molecular flexibility index (Phi) is 6.12. The number of benzene rings is 1. The van der Waals surface area contributed by atoms with Gasteiger partial charge >= 0.3 is 6.36 Å². The van der Waals surface area contributed by atoms with Crippen molar-refractivity contribution < 1.29 is 22.6 Å². The van der Waals surface area contributed by atoms with Gasteiger partial charge in [-0.2, -0.15) is 0 Å². The summed E-state index contributed by atoms with van der Waals surface area (Å²) in [5, 5.41) is 3.30. The molecule has 0 radical (unpaired) electrons. The zero-order chi connectivity index (χ0) is 17.7. The predicted octanol–water partition coefficient (Wildman–Crippen LogP) is 3.51. The van der Waals surface area contributed by atoms with Crippen molar-refractivity contribution in [3.05, 3.63) is 35.9 Å². The molecule has 0 amide bonds. The van der Waals surface area contributed by atoms with Gasteiger partial charge < -0.3 is 14.8 Å². The maximum atomic E-state index is 12.4. The molecular formula is C17H23F3N2O2. The van der Waals surface area contributed by atoms with Gasteiger partial charge in [-0.3, -0.25) is 4.90 Å². The summed E-state index contributed by atoms with van der Waals surface area (Å²) >= 11 is 0. The van der Waals surface area contributed by atoms with Gasteiger partial charge in [-0.1, -0.05) is 11.6 Å². The van der Waals surface area contributed by atoms with E-state index in [9.17, 15) is 13.2 Å². The van der Waals surface area contributed by atoms with Crippen molar-refractivity contribution in [2.45, 2.75) is 25.7 Å². The third-order valence-corrected chi connectivity index (χ3v) is 3.93. The zero-order valence-electron chi connectivity index (χ0n) is 13.9. The van der Waals surface area contributed by atoms with Gasteiger partial charge in [0.2, 0.25) is 0 Å². The number of alkyl halides is 3. The molecule has 0 bridgehead atoms. The van der Waals surface area contributed by atoms with E-state index >= 15 is 0 Å². The molecule has 1 atom stereocenters. The van der Waals surface area contributed by atoms with E-state index < -0.39 is 6.36 Å². The Morgan fingerprint density at radius 1 is 1.33 bits per heavy atom. The monoisotopic (exact) mass is 344 g/mol. The minimum atomic E-state index is -4.72. The molecule has 1 saturated heterocycles. The summed E-state index contributed by atoms with van der Waals surface area (Å²) in [5.41, 5.74) is 1.85. The molecule has 1 aromatic carbocycles. The van der Waals surface area contributed by atoms with E-state index in [1.165, 1.54) is 19.2 Å². The molecule has 1 heterocycles. The molecule has 7 heteroatoms. The van der Waals surface area contributed by atoms with Gasteiger partial charge in [-0.25, -0.2) is 0 Å². The lowest BCUT2D eigenvalue weighted by Crippen LogP contribution is -2.45. The lowest BCUT2D eigenvalue weighted by molar-refractivity contribution is -0.274. The van der Waals surface area contributed by atoms with Gasteiger partial charge in [0.25, 0.3) is 0 Å². The molecule has 0 aliphatic carbocycles. The molecule has 1 N–H and O–H groups in total. The third-order valence-electron chi connectivity index (χ3n) is 3.93. The van der Waals surface area contributed by atoms with Gasteiger partial charge in [-0.15, -0.1) is 19.8 Å². The molecular weight excluding hydrogens is 321 g/mol. The molecule has 0 aromatic heterocycles. The summed E-state index contributed by atoms with van der Waals surface area (Å²) < 4.78 is 46.5. The van der Waals surface area contributed by atoms with Gasteiger partial charge in [0.15, 0.2) is 0 Å². The molecule has 1 aliphatic heterocycles. The molecule has 4 nitrogen and oxygen atoms in total. The van der Waals surface area contributed by atoms with Gasteiger partial charge in [-0.05, 0) is 19.4 Å². The molecule has 134 valence electrons. The predicted molar refractivity (Wildman–Crippen MR) is 86.3 cm³/mol. The number of nitrogens with zero attached hydrogens (tertiary/aromatic N) is 1. The van der Waals surface area contributed by atoms with E-state index in [4.69, 9.17) is 4.74 Å². The highest BCUT2D eigenvalue weighted by Gasteiger charge is 2.32. The number of ether oxygens (including phenoxy) is 2. The van der Waals surface area contributed by atoms with E-state index in [0.29, 0.717) is 5.75 Å². The summed E-state index contributed by atoms with van der Waals surface area (Å²) in [5.74, 6) is 0.110. The Morgan fingerprint density at radius 3 is 2.54 bits per heavy atom. The van der Waals surface area contributed by atoms with Crippen LogP contribution < -0.4 is 14.8 Å². The Balaban J connectivity index is 2.31. The van der Waals surface area contributed by atoms with E-state index in [0.717, 1.165) is 43.7 Å². The van der Waals surface area contributed by atoms with E-state index in [1.807, 2.05) is 6.92 Å². The van der Waals surface area contributed by atoms with Crippen molar-refractivity contribution >= 4 is 0 Å². The molecule has 1 aliphatic rings. The van der Waals surface area contributed by atoms with E-state index in [2.05, 4.69) is 21.5 Å². The molecule has 1 fully saturated rings. The van der Waals surface area contributed by atoms with E-state index in [-0.39, 0.29) is 11.8 Å². The first kappa shape index (κ1) is 18.6. The SMILES string of the molecule is C=C(C)C[C@H](c1ccc(OC(F)(F)F)cc1OC)N1CCNCC1. The summed E-state index contributed by atoms with van der Waals surface area (Å²) in [6, 6.07) is 4.28. The van der Waals surface area contributed by atoms with Gasteiger partial charge in [0.1, 0.15) is 11.5 Å². The van der Waals surface area contributed by atoms with Crippen LogP contribution >= 0.6 is 0 Å². The van der Waals surface area contributed by atoms with Gasteiger partial charge in [0, 0.05) is 43.9 Å². The first-order valence-corrected chi connectivity index (χ1v) is 7.83. The normalized spacial score (nSPS) is 17.4. The average Bonchev–Trinajstić information content (AvgIpc) is 2.52. The quantitative estimate of drug-likeness (QED) is 0.801. The van der Waals surface area contributed by atoms with Crippen LogP contribution in [0.25, 0.3) is 0 Å². The molecule has 0 saturated carbocycles. The summed E-state index contributed by atoms with van der Waals surface area (Å²) in [6.07, 6.45) is -4.00. The summed E-state index contributed by atoms with van der Waals surface area (Å²) in [6.45, 7) is 9.41. The van der Waals surface area contributed by atoms with Crippen molar-refractivity contribution in [2.75, 3.05) is 33.3 Å². The Bertz CT molecular complexity index is 569. The number of hydrogen-bond donors (Lipinski definition) is 1. The topological polar surface area (TPSA) is 33.7 Å². The minimum Gasteiger partial charge on any atom is -0.496 e. The van der Waals surface area contributed by atoms with Crippen LogP contribution in [0.1, 0.15) is 24.9 Å². The maximum absolute atomic E-state index is 12.4. The Labute approximate surface area is 140 Å². The number of rotatable bonds is 6. The second-order valence-electron chi connectivity index (χ2n) is 5.91. The number of halogens is 3. The number of hydrogen-bond acceptors (Lipinski definition) is 4. The van der Waals surface area contributed by atoms with Crippen LogP contribution in [0, 0.1) is 0 Å². The molecule has 1 aromatic rings. The number of methoxy groups -OCH3 is 1. The molecule has 0 unspecified atom stereocenters. The second kappa shape index (κ2) is 7.90. The van der Waals surface area contributed by atoms with Crippen molar-refractivity contribution in [3.8, 4) is 11.5 Å². The maximum Gasteiger partial charge on any atom is 0.573 e. The fourth-order valence-corrected chi connectivity index (χ4v) is 2.92. The number of nitrogens with one attached hydrogen (secondary N) is 1. The smallest absolute Gasteiger partial charge is 0.496 e. The van der Waals surface area contributed by atoms with Crippen molar-refractivity contribution in [1.29, 1.82) is 0 Å². The minimum absolute atomic E-state index is 0.0134. The fourth-order valence-electron chi connectivity index (χ4n) is 2.92. The highest BCUT2D eigenvalue weighted by Crippen LogP contribution is 2.37.